The van der Waals surface area contributed by atoms with E-state index in [2.05, 4.69) is 5.32 Å². The molecule has 2 rings (SSSR count). The predicted molar refractivity (Wildman–Crippen MR) is 73.2 cm³/mol. The van der Waals surface area contributed by atoms with E-state index in [0.717, 1.165) is 11.1 Å². The Kier molecular flexibility index (Phi) is 3.80. The fourth-order valence-corrected chi connectivity index (χ4v) is 1.87. The van der Waals surface area contributed by atoms with Gasteiger partial charge in [-0.2, -0.15) is 0 Å². The molecule has 0 heterocycles. The number of amides is 1. The highest BCUT2D eigenvalue weighted by Gasteiger charge is 2.08. The first kappa shape index (κ1) is 13.1. The van der Waals surface area contributed by atoms with E-state index in [1.165, 1.54) is 12.1 Å². The van der Waals surface area contributed by atoms with Crippen LogP contribution >= 0.6 is 0 Å². The van der Waals surface area contributed by atoms with E-state index < -0.39 is 0 Å². The number of benzene rings is 2. The van der Waals surface area contributed by atoms with E-state index >= 15 is 0 Å². The van der Waals surface area contributed by atoms with Gasteiger partial charge in [-0.15, -0.1) is 0 Å². The summed E-state index contributed by atoms with van der Waals surface area (Å²) in [6.07, 6.45) is 0. The van der Waals surface area contributed by atoms with Crippen LogP contribution in [-0.2, 0) is 6.54 Å². The topological polar surface area (TPSA) is 55.1 Å². The van der Waals surface area contributed by atoms with Gasteiger partial charge in [0.25, 0.3) is 5.91 Å². The number of rotatable bonds is 3. The third kappa shape index (κ3) is 3.31. The predicted octanol–water partition coefficient (Wildman–Crippen LogP) is 2.65. The molecule has 3 N–H and O–H groups in total. The number of carbonyl (C=O) groups excluding carboxylic acids is 1. The lowest BCUT2D eigenvalue weighted by molar-refractivity contribution is 0.0950. The Hall–Kier alpha value is -2.36. The minimum absolute atomic E-state index is 0.193. The van der Waals surface area contributed by atoms with E-state index in [4.69, 9.17) is 5.73 Å². The maximum Gasteiger partial charge on any atom is 0.251 e. The van der Waals surface area contributed by atoms with Crippen LogP contribution in [0, 0.1) is 12.7 Å². The number of nitrogen functional groups attached to an aromatic ring is 1. The van der Waals surface area contributed by atoms with Gasteiger partial charge in [-0.1, -0.05) is 12.1 Å². The molecule has 0 bridgehead atoms. The van der Waals surface area contributed by atoms with Crippen LogP contribution in [0.4, 0.5) is 10.1 Å². The van der Waals surface area contributed by atoms with Gasteiger partial charge in [0.15, 0.2) is 0 Å². The van der Waals surface area contributed by atoms with Crippen LogP contribution in [0.2, 0.25) is 0 Å². The van der Waals surface area contributed by atoms with E-state index in [1.807, 2.05) is 6.92 Å². The van der Waals surface area contributed by atoms with Crippen LogP contribution < -0.4 is 11.1 Å². The van der Waals surface area contributed by atoms with Gasteiger partial charge in [-0.3, -0.25) is 4.79 Å². The molecule has 4 heteroatoms. The Labute approximate surface area is 111 Å². The molecule has 0 fully saturated rings. The summed E-state index contributed by atoms with van der Waals surface area (Å²) in [4.78, 5) is 12.0. The van der Waals surface area contributed by atoms with Gasteiger partial charge in [-0.05, 0) is 48.4 Å². The van der Waals surface area contributed by atoms with Crippen molar-refractivity contribution in [1.29, 1.82) is 0 Å². The molecular formula is C15H15FN2O. The monoisotopic (exact) mass is 258 g/mol. The molecule has 0 saturated carbocycles. The summed E-state index contributed by atoms with van der Waals surface area (Å²) in [5, 5.41) is 2.76. The SMILES string of the molecule is Cc1cc(N)ccc1C(=O)NCc1cccc(F)c1. The van der Waals surface area contributed by atoms with Gasteiger partial charge >= 0.3 is 0 Å². The summed E-state index contributed by atoms with van der Waals surface area (Å²) in [6, 6.07) is 11.3. The third-order valence-electron chi connectivity index (χ3n) is 2.84. The quantitative estimate of drug-likeness (QED) is 0.831. The second kappa shape index (κ2) is 5.52. The Bertz CT molecular complexity index is 611. The molecule has 0 atom stereocenters. The van der Waals surface area contributed by atoms with Crippen molar-refractivity contribution in [1.82, 2.24) is 5.32 Å². The summed E-state index contributed by atoms with van der Waals surface area (Å²) in [5.74, 6) is -0.503. The van der Waals surface area contributed by atoms with E-state index in [-0.39, 0.29) is 11.7 Å². The number of hydrogen-bond donors (Lipinski definition) is 2. The summed E-state index contributed by atoms with van der Waals surface area (Å²) in [7, 11) is 0. The summed E-state index contributed by atoms with van der Waals surface area (Å²) in [6.45, 7) is 2.12. The van der Waals surface area contributed by atoms with Gasteiger partial charge in [0.1, 0.15) is 5.82 Å². The molecule has 0 aliphatic rings. The molecule has 19 heavy (non-hydrogen) atoms. The Morgan fingerprint density at radius 3 is 2.74 bits per heavy atom. The van der Waals surface area contributed by atoms with Crippen molar-refractivity contribution in [3.05, 3.63) is 65.0 Å². The lowest BCUT2D eigenvalue weighted by Gasteiger charge is -2.08. The number of hydrogen-bond acceptors (Lipinski definition) is 2. The van der Waals surface area contributed by atoms with Gasteiger partial charge < -0.3 is 11.1 Å². The van der Waals surface area contributed by atoms with Crippen LogP contribution in [0.15, 0.2) is 42.5 Å². The highest BCUT2D eigenvalue weighted by atomic mass is 19.1. The number of aryl methyl sites for hydroxylation is 1. The molecule has 98 valence electrons. The second-order valence-electron chi connectivity index (χ2n) is 4.39. The molecule has 0 aliphatic heterocycles. The standard InChI is InChI=1S/C15H15FN2O/c1-10-7-13(17)5-6-14(10)15(19)18-9-11-3-2-4-12(16)8-11/h2-8H,9,17H2,1H3,(H,18,19). The van der Waals surface area contributed by atoms with Crippen molar-refractivity contribution >= 4 is 11.6 Å². The van der Waals surface area contributed by atoms with Gasteiger partial charge in [0, 0.05) is 17.8 Å². The molecule has 0 unspecified atom stereocenters. The summed E-state index contributed by atoms with van der Waals surface area (Å²) in [5.41, 5.74) is 8.37. The molecule has 2 aromatic rings. The van der Waals surface area contributed by atoms with Gasteiger partial charge in [-0.25, -0.2) is 4.39 Å². The Morgan fingerprint density at radius 1 is 1.26 bits per heavy atom. The first-order valence-corrected chi connectivity index (χ1v) is 5.95. The first-order valence-electron chi connectivity index (χ1n) is 5.95. The minimum atomic E-state index is -0.310. The zero-order chi connectivity index (χ0) is 13.8. The highest BCUT2D eigenvalue weighted by molar-refractivity contribution is 5.95. The zero-order valence-electron chi connectivity index (χ0n) is 10.6. The molecule has 0 aliphatic carbocycles. The molecule has 1 amide bonds. The fraction of sp³-hybridized carbons (Fsp3) is 0.133. The molecule has 2 aromatic carbocycles. The molecule has 3 nitrogen and oxygen atoms in total. The number of nitrogens with two attached hydrogens (primary N) is 1. The normalized spacial score (nSPS) is 10.2. The van der Waals surface area contributed by atoms with E-state index in [0.29, 0.717) is 17.8 Å². The molecule has 0 spiro atoms. The second-order valence-corrected chi connectivity index (χ2v) is 4.39. The minimum Gasteiger partial charge on any atom is -0.399 e. The summed E-state index contributed by atoms with van der Waals surface area (Å²) >= 11 is 0. The summed E-state index contributed by atoms with van der Waals surface area (Å²) < 4.78 is 13.0. The number of anilines is 1. The maximum absolute atomic E-state index is 13.0. The van der Waals surface area contributed by atoms with Crippen LogP contribution in [-0.4, -0.2) is 5.91 Å². The highest BCUT2D eigenvalue weighted by Crippen LogP contribution is 2.12. The fourth-order valence-electron chi connectivity index (χ4n) is 1.87. The Balaban J connectivity index is 2.05. The van der Waals surface area contributed by atoms with Crippen molar-refractivity contribution < 1.29 is 9.18 Å². The van der Waals surface area contributed by atoms with Crippen molar-refractivity contribution in [3.63, 3.8) is 0 Å². The van der Waals surface area contributed by atoms with E-state index in [1.54, 1.807) is 30.3 Å². The van der Waals surface area contributed by atoms with Crippen LogP contribution in [0.1, 0.15) is 21.5 Å². The van der Waals surface area contributed by atoms with Crippen molar-refractivity contribution in [2.45, 2.75) is 13.5 Å². The lowest BCUT2D eigenvalue weighted by atomic mass is 10.1. The van der Waals surface area contributed by atoms with Crippen molar-refractivity contribution in [3.8, 4) is 0 Å². The average Bonchev–Trinajstić information content (AvgIpc) is 2.36. The van der Waals surface area contributed by atoms with Gasteiger partial charge in [0.05, 0.1) is 0 Å². The smallest absolute Gasteiger partial charge is 0.251 e. The van der Waals surface area contributed by atoms with E-state index in [9.17, 15) is 9.18 Å². The van der Waals surface area contributed by atoms with Crippen LogP contribution in [0.3, 0.4) is 0 Å². The lowest BCUT2D eigenvalue weighted by Crippen LogP contribution is -2.23. The molecule has 0 radical (unpaired) electrons. The zero-order valence-corrected chi connectivity index (χ0v) is 10.6. The average molecular weight is 258 g/mol. The van der Waals surface area contributed by atoms with Crippen LogP contribution in [0.25, 0.3) is 0 Å². The molecular weight excluding hydrogens is 243 g/mol. The van der Waals surface area contributed by atoms with Crippen molar-refractivity contribution in [2.24, 2.45) is 0 Å². The maximum atomic E-state index is 13.0. The number of carbonyl (C=O) groups is 1. The number of halogens is 1. The molecule has 0 saturated heterocycles. The first-order chi connectivity index (χ1) is 9.06. The number of nitrogens with one attached hydrogen (secondary N) is 1. The molecule has 0 aromatic heterocycles. The Morgan fingerprint density at radius 2 is 2.05 bits per heavy atom. The van der Waals surface area contributed by atoms with Gasteiger partial charge in [0.2, 0.25) is 0 Å². The largest absolute Gasteiger partial charge is 0.399 e. The van der Waals surface area contributed by atoms with Crippen LogP contribution in [0.5, 0.6) is 0 Å². The van der Waals surface area contributed by atoms with Crippen molar-refractivity contribution in [2.75, 3.05) is 5.73 Å². The third-order valence-corrected chi connectivity index (χ3v) is 2.84.